The van der Waals surface area contributed by atoms with Crippen molar-refractivity contribution in [3.8, 4) is 0 Å². The Kier molecular flexibility index (Phi) is 3.10. The first-order valence-electron chi connectivity index (χ1n) is 4.74. The van der Waals surface area contributed by atoms with Crippen LogP contribution in [0.3, 0.4) is 0 Å². The number of hydrogen-bond donors (Lipinski definition) is 2. The van der Waals surface area contributed by atoms with Crippen molar-refractivity contribution in [3.05, 3.63) is 0 Å². The maximum absolute atomic E-state index is 11.5. The van der Waals surface area contributed by atoms with Gasteiger partial charge in [-0.25, -0.2) is 4.79 Å². The van der Waals surface area contributed by atoms with Gasteiger partial charge in [-0.3, -0.25) is 4.79 Å². The van der Waals surface area contributed by atoms with Gasteiger partial charge in [-0.15, -0.1) is 0 Å². The van der Waals surface area contributed by atoms with Crippen molar-refractivity contribution in [1.82, 2.24) is 4.90 Å². The second kappa shape index (κ2) is 3.96. The molecule has 0 radical (unpaired) electrons. The van der Waals surface area contributed by atoms with Gasteiger partial charge in [-0.05, 0) is 19.3 Å². The number of carbonyl (C=O) groups excluding carboxylic acids is 1. The molecule has 1 amide bonds. The van der Waals surface area contributed by atoms with E-state index in [0.717, 1.165) is 6.42 Å². The van der Waals surface area contributed by atoms with Crippen LogP contribution in [0, 0.1) is 5.92 Å². The fourth-order valence-electron chi connectivity index (χ4n) is 1.83. The number of amides is 1. The number of hydrogen-bond acceptors (Lipinski definition) is 3. The van der Waals surface area contributed by atoms with Crippen LogP contribution in [0.2, 0.25) is 0 Å². The highest BCUT2D eigenvalue weighted by Crippen LogP contribution is 2.24. The van der Waals surface area contributed by atoms with E-state index in [1.165, 1.54) is 4.90 Å². The van der Waals surface area contributed by atoms with E-state index in [1.807, 2.05) is 6.92 Å². The molecule has 1 heterocycles. The first-order valence-corrected chi connectivity index (χ1v) is 4.74. The lowest BCUT2D eigenvalue weighted by molar-refractivity contribution is -0.149. The van der Waals surface area contributed by atoms with Crippen molar-refractivity contribution in [2.24, 2.45) is 11.7 Å². The third kappa shape index (κ3) is 1.87. The van der Waals surface area contributed by atoms with Gasteiger partial charge in [0.05, 0.1) is 6.04 Å². The van der Waals surface area contributed by atoms with Gasteiger partial charge in [0.1, 0.15) is 6.04 Å². The minimum absolute atomic E-state index is 0.00944. The van der Waals surface area contributed by atoms with E-state index in [4.69, 9.17) is 10.8 Å². The molecule has 14 heavy (non-hydrogen) atoms. The van der Waals surface area contributed by atoms with Crippen LogP contribution in [0.5, 0.6) is 0 Å². The van der Waals surface area contributed by atoms with Gasteiger partial charge >= 0.3 is 5.97 Å². The number of nitrogens with two attached hydrogens (primary N) is 1. The number of carboxylic acids is 1. The van der Waals surface area contributed by atoms with Crippen LogP contribution in [0.25, 0.3) is 0 Å². The molecule has 1 rings (SSSR count). The van der Waals surface area contributed by atoms with Crippen LogP contribution in [0.15, 0.2) is 0 Å². The van der Waals surface area contributed by atoms with Crippen LogP contribution >= 0.6 is 0 Å². The number of nitrogens with zero attached hydrogens (tertiary/aromatic N) is 1. The monoisotopic (exact) mass is 200 g/mol. The Hall–Kier alpha value is -1.10. The van der Waals surface area contributed by atoms with E-state index in [0.29, 0.717) is 6.54 Å². The summed E-state index contributed by atoms with van der Waals surface area (Å²) >= 11 is 0. The zero-order valence-corrected chi connectivity index (χ0v) is 8.43. The zero-order valence-electron chi connectivity index (χ0n) is 8.43. The average molecular weight is 200 g/mol. The summed E-state index contributed by atoms with van der Waals surface area (Å²) in [6.45, 7) is 3.91. The summed E-state index contributed by atoms with van der Waals surface area (Å²) in [5.41, 5.74) is 5.44. The highest BCUT2D eigenvalue weighted by atomic mass is 16.4. The maximum atomic E-state index is 11.5. The smallest absolute Gasteiger partial charge is 0.326 e. The number of carboxylic acid groups (broad SMARTS) is 1. The Morgan fingerprint density at radius 3 is 2.57 bits per heavy atom. The third-order valence-electron chi connectivity index (χ3n) is 2.63. The summed E-state index contributed by atoms with van der Waals surface area (Å²) in [5, 5.41) is 8.95. The first kappa shape index (κ1) is 11.0. The maximum Gasteiger partial charge on any atom is 0.326 e. The third-order valence-corrected chi connectivity index (χ3v) is 2.63. The van der Waals surface area contributed by atoms with Gasteiger partial charge in [0, 0.05) is 6.54 Å². The number of likely N-dealkylation sites (tertiary alicyclic amines) is 1. The van der Waals surface area contributed by atoms with Crippen LogP contribution in [-0.2, 0) is 9.59 Å². The van der Waals surface area contributed by atoms with Crippen LogP contribution < -0.4 is 5.73 Å². The molecule has 0 aliphatic carbocycles. The second-order valence-corrected chi connectivity index (χ2v) is 3.87. The van der Waals surface area contributed by atoms with Crippen LogP contribution in [0.1, 0.15) is 20.3 Å². The molecule has 5 heteroatoms. The predicted molar refractivity (Wildman–Crippen MR) is 50.6 cm³/mol. The summed E-state index contributed by atoms with van der Waals surface area (Å²) in [4.78, 5) is 23.8. The van der Waals surface area contributed by atoms with Gasteiger partial charge in [-0.2, -0.15) is 0 Å². The summed E-state index contributed by atoms with van der Waals surface area (Å²) < 4.78 is 0. The highest BCUT2D eigenvalue weighted by molar-refractivity contribution is 5.87. The Morgan fingerprint density at radius 2 is 2.14 bits per heavy atom. The summed E-state index contributed by atoms with van der Waals surface area (Å²) in [6, 6.07) is -1.32. The van der Waals surface area contributed by atoms with Gasteiger partial charge in [0.25, 0.3) is 0 Å². The minimum Gasteiger partial charge on any atom is -0.480 e. The SMILES string of the molecule is CC(N)C(=O)N1CCC(C)C1C(=O)O. The van der Waals surface area contributed by atoms with Crippen molar-refractivity contribution < 1.29 is 14.7 Å². The summed E-state index contributed by atoms with van der Waals surface area (Å²) in [6.07, 6.45) is 0.732. The molecule has 0 aromatic heterocycles. The first-order chi connectivity index (χ1) is 6.45. The fourth-order valence-corrected chi connectivity index (χ4v) is 1.83. The Labute approximate surface area is 82.9 Å². The molecule has 0 spiro atoms. The van der Waals surface area contributed by atoms with Crippen molar-refractivity contribution in [2.75, 3.05) is 6.54 Å². The predicted octanol–water partition coefficient (Wildman–Crippen LogP) is -0.345. The van der Waals surface area contributed by atoms with Crippen molar-refractivity contribution in [3.63, 3.8) is 0 Å². The Morgan fingerprint density at radius 1 is 1.57 bits per heavy atom. The standard InChI is InChI=1S/C9H16N2O3/c1-5-3-4-11(7(5)9(13)14)8(12)6(2)10/h5-7H,3-4,10H2,1-2H3,(H,13,14). The quantitative estimate of drug-likeness (QED) is 0.638. The molecule has 1 aliphatic rings. The summed E-state index contributed by atoms with van der Waals surface area (Å²) in [5.74, 6) is -1.21. The molecule has 1 aliphatic heterocycles. The van der Waals surface area contributed by atoms with Crippen molar-refractivity contribution in [2.45, 2.75) is 32.4 Å². The molecule has 0 bridgehead atoms. The molecular formula is C9H16N2O3. The molecule has 0 saturated carbocycles. The lowest BCUT2D eigenvalue weighted by Crippen LogP contribution is -2.48. The summed E-state index contributed by atoms with van der Waals surface area (Å²) in [7, 11) is 0. The molecule has 0 aromatic carbocycles. The van der Waals surface area contributed by atoms with Gasteiger partial charge < -0.3 is 15.7 Å². The molecule has 1 saturated heterocycles. The molecule has 3 unspecified atom stereocenters. The van der Waals surface area contributed by atoms with Crippen LogP contribution in [-0.4, -0.2) is 40.5 Å². The molecule has 80 valence electrons. The normalized spacial score (nSPS) is 28.9. The minimum atomic E-state index is -0.941. The van der Waals surface area contributed by atoms with Crippen LogP contribution in [0.4, 0.5) is 0 Å². The van der Waals surface area contributed by atoms with E-state index in [2.05, 4.69) is 0 Å². The number of carbonyl (C=O) groups is 2. The topological polar surface area (TPSA) is 83.6 Å². The average Bonchev–Trinajstić information content (AvgIpc) is 2.45. The van der Waals surface area contributed by atoms with Gasteiger partial charge in [-0.1, -0.05) is 6.92 Å². The highest BCUT2D eigenvalue weighted by Gasteiger charge is 2.39. The number of aliphatic carboxylic acids is 1. The van der Waals surface area contributed by atoms with E-state index >= 15 is 0 Å². The van der Waals surface area contributed by atoms with Crippen molar-refractivity contribution in [1.29, 1.82) is 0 Å². The van der Waals surface area contributed by atoms with E-state index in [-0.39, 0.29) is 11.8 Å². The van der Waals surface area contributed by atoms with Gasteiger partial charge in [0.15, 0.2) is 0 Å². The van der Waals surface area contributed by atoms with E-state index in [9.17, 15) is 9.59 Å². The molecule has 3 atom stereocenters. The van der Waals surface area contributed by atoms with E-state index < -0.39 is 18.1 Å². The van der Waals surface area contributed by atoms with E-state index in [1.54, 1.807) is 6.92 Å². The Balaban J connectivity index is 2.79. The zero-order chi connectivity index (χ0) is 10.9. The lowest BCUT2D eigenvalue weighted by atomic mass is 10.0. The second-order valence-electron chi connectivity index (χ2n) is 3.87. The molecular weight excluding hydrogens is 184 g/mol. The molecule has 1 fully saturated rings. The molecule has 0 aromatic rings. The fraction of sp³-hybridized carbons (Fsp3) is 0.778. The lowest BCUT2D eigenvalue weighted by Gasteiger charge is -2.24. The Bertz CT molecular complexity index is 252. The van der Waals surface area contributed by atoms with Gasteiger partial charge in [0.2, 0.25) is 5.91 Å². The van der Waals surface area contributed by atoms with Crippen molar-refractivity contribution >= 4 is 11.9 Å². The largest absolute Gasteiger partial charge is 0.480 e. The number of rotatable bonds is 2. The molecule has 5 nitrogen and oxygen atoms in total. The molecule has 3 N–H and O–H groups in total.